The molecular formula is C19H30ClNO2. The van der Waals surface area contributed by atoms with Crippen molar-refractivity contribution in [3.8, 4) is 0 Å². The van der Waals surface area contributed by atoms with Crippen LogP contribution in [-0.2, 0) is 9.53 Å². The van der Waals surface area contributed by atoms with Crippen molar-refractivity contribution >= 4 is 23.2 Å². The lowest BCUT2D eigenvalue weighted by Crippen LogP contribution is -2.30. The maximum Gasteiger partial charge on any atom is 0.253 e. The highest BCUT2D eigenvalue weighted by atomic mass is 35.5. The van der Waals surface area contributed by atoms with Crippen LogP contribution in [0.4, 0.5) is 5.69 Å². The van der Waals surface area contributed by atoms with Gasteiger partial charge >= 0.3 is 0 Å². The topological polar surface area (TPSA) is 38.3 Å². The van der Waals surface area contributed by atoms with Gasteiger partial charge in [0, 0.05) is 7.11 Å². The third-order valence-electron chi connectivity index (χ3n) is 4.27. The van der Waals surface area contributed by atoms with Crippen molar-refractivity contribution < 1.29 is 9.53 Å². The molecule has 1 saturated carbocycles. The second-order valence-corrected chi connectivity index (χ2v) is 6.18. The molecule has 0 saturated heterocycles. The molecular weight excluding hydrogens is 310 g/mol. The van der Waals surface area contributed by atoms with Crippen LogP contribution in [0.1, 0.15) is 58.8 Å². The number of nitrogens with one attached hydrogen (secondary N) is 1. The fraction of sp³-hybridized carbons (Fsp3) is 0.632. The van der Waals surface area contributed by atoms with Crippen LogP contribution in [0.2, 0.25) is 5.02 Å². The van der Waals surface area contributed by atoms with Gasteiger partial charge in [0.05, 0.1) is 10.7 Å². The van der Waals surface area contributed by atoms with E-state index in [1.54, 1.807) is 19.2 Å². The first-order valence-corrected chi connectivity index (χ1v) is 9.16. The zero-order chi connectivity index (χ0) is 17.1. The van der Waals surface area contributed by atoms with Crippen molar-refractivity contribution in [1.29, 1.82) is 0 Å². The van der Waals surface area contributed by atoms with Gasteiger partial charge in [-0.15, -0.1) is 0 Å². The number of carbonyl (C=O) groups excluding carboxylic acids is 1. The molecule has 1 fully saturated rings. The number of amides is 1. The lowest BCUT2D eigenvalue weighted by Gasteiger charge is -2.23. The Labute approximate surface area is 145 Å². The van der Waals surface area contributed by atoms with Gasteiger partial charge in [0.15, 0.2) is 0 Å². The highest BCUT2D eigenvalue weighted by molar-refractivity contribution is 6.33. The molecule has 0 heterocycles. The number of halogens is 1. The molecule has 1 aromatic carbocycles. The number of rotatable bonds is 6. The normalized spacial score (nSPS) is 16.2. The number of anilines is 1. The molecule has 23 heavy (non-hydrogen) atoms. The summed E-state index contributed by atoms with van der Waals surface area (Å²) in [5.74, 6) is 0.644. The Balaban J connectivity index is 0.00000127. The molecule has 1 N–H and O–H groups in total. The Morgan fingerprint density at radius 2 is 1.91 bits per heavy atom. The molecule has 0 aromatic heterocycles. The number of carbonyl (C=O) groups is 1. The standard InChI is InChI=1S/C17H24ClNO2.C2H6/c1-21-16(12-11-13-7-3-2-4-8-13)17(20)19-15-10-6-5-9-14(15)18;1-2/h5-6,9-10,13,16H,2-4,7-8,11-12H2,1H3,(H,19,20);1-2H3. The lowest BCUT2D eigenvalue weighted by molar-refractivity contribution is -0.126. The molecule has 0 spiro atoms. The van der Waals surface area contributed by atoms with Crippen molar-refractivity contribution in [2.24, 2.45) is 5.92 Å². The molecule has 0 bridgehead atoms. The van der Waals surface area contributed by atoms with Crippen molar-refractivity contribution in [3.63, 3.8) is 0 Å². The molecule has 0 aliphatic heterocycles. The van der Waals surface area contributed by atoms with Gasteiger partial charge in [-0.2, -0.15) is 0 Å². The average Bonchev–Trinajstić information content (AvgIpc) is 2.60. The van der Waals surface area contributed by atoms with Crippen LogP contribution in [0.3, 0.4) is 0 Å². The number of ether oxygens (including phenoxy) is 1. The van der Waals surface area contributed by atoms with Crippen LogP contribution in [0.15, 0.2) is 24.3 Å². The monoisotopic (exact) mass is 339 g/mol. The molecule has 1 aromatic rings. The summed E-state index contributed by atoms with van der Waals surface area (Å²) in [7, 11) is 1.59. The number of hydrogen-bond acceptors (Lipinski definition) is 2. The highest BCUT2D eigenvalue weighted by Crippen LogP contribution is 2.28. The van der Waals surface area contributed by atoms with Crippen molar-refractivity contribution in [2.45, 2.75) is 64.9 Å². The van der Waals surface area contributed by atoms with Gasteiger partial charge in [-0.05, 0) is 30.9 Å². The predicted octanol–water partition coefficient (Wildman–Crippen LogP) is 5.68. The molecule has 0 radical (unpaired) electrons. The lowest BCUT2D eigenvalue weighted by atomic mass is 9.85. The van der Waals surface area contributed by atoms with Crippen molar-refractivity contribution in [3.05, 3.63) is 29.3 Å². The molecule has 1 amide bonds. The SMILES string of the molecule is CC.COC(CCC1CCCCC1)C(=O)Nc1ccccc1Cl. The molecule has 1 unspecified atom stereocenters. The van der Waals surface area contributed by atoms with Gasteiger partial charge in [-0.1, -0.05) is 69.7 Å². The van der Waals surface area contributed by atoms with Gasteiger partial charge in [0.1, 0.15) is 6.10 Å². The maximum absolute atomic E-state index is 12.3. The average molecular weight is 340 g/mol. The summed E-state index contributed by atoms with van der Waals surface area (Å²) in [6, 6.07) is 7.26. The zero-order valence-corrected chi connectivity index (χ0v) is 15.4. The van der Waals surface area contributed by atoms with Crippen molar-refractivity contribution in [2.75, 3.05) is 12.4 Å². The van der Waals surface area contributed by atoms with Gasteiger partial charge in [0.2, 0.25) is 0 Å². The minimum Gasteiger partial charge on any atom is -0.372 e. The van der Waals surface area contributed by atoms with Crippen LogP contribution < -0.4 is 5.32 Å². The van der Waals surface area contributed by atoms with E-state index in [1.165, 1.54) is 32.1 Å². The summed E-state index contributed by atoms with van der Waals surface area (Å²) >= 11 is 6.06. The first kappa shape index (κ1) is 20.0. The van der Waals surface area contributed by atoms with Crippen LogP contribution in [-0.4, -0.2) is 19.1 Å². The van der Waals surface area contributed by atoms with E-state index < -0.39 is 6.10 Å². The largest absolute Gasteiger partial charge is 0.372 e. The third-order valence-corrected chi connectivity index (χ3v) is 4.60. The van der Waals surface area contributed by atoms with E-state index in [0.29, 0.717) is 10.7 Å². The smallest absolute Gasteiger partial charge is 0.253 e. The third kappa shape index (κ3) is 6.92. The molecule has 2 rings (SSSR count). The maximum atomic E-state index is 12.3. The molecule has 1 aliphatic rings. The second kappa shape index (κ2) is 11.5. The molecule has 4 heteroatoms. The number of methoxy groups -OCH3 is 1. The quantitative estimate of drug-likeness (QED) is 0.724. The summed E-state index contributed by atoms with van der Waals surface area (Å²) in [6.45, 7) is 4.00. The van der Waals surface area contributed by atoms with E-state index in [1.807, 2.05) is 26.0 Å². The van der Waals surface area contributed by atoms with E-state index >= 15 is 0 Å². The van der Waals surface area contributed by atoms with E-state index in [0.717, 1.165) is 18.8 Å². The van der Waals surface area contributed by atoms with Gasteiger partial charge < -0.3 is 10.1 Å². The Morgan fingerprint density at radius 3 is 2.52 bits per heavy atom. The molecule has 1 aliphatic carbocycles. The van der Waals surface area contributed by atoms with Crippen LogP contribution in [0.25, 0.3) is 0 Å². The molecule has 1 atom stereocenters. The van der Waals surface area contributed by atoms with E-state index in [2.05, 4.69) is 5.32 Å². The molecule has 3 nitrogen and oxygen atoms in total. The Bertz CT molecular complexity index is 458. The second-order valence-electron chi connectivity index (χ2n) is 5.77. The Morgan fingerprint density at radius 1 is 1.26 bits per heavy atom. The van der Waals surface area contributed by atoms with Gasteiger partial charge in [0.25, 0.3) is 5.91 Å². The fourth-order valence-electron chi connectivity index (χ4n) is 2.99. The fourth-order valence-corrected chi connectivity index (χ4v) is 3.18. The number of hydrogen-bond donors (Lipinski definition) is 1. The summed E-state index contributed by atoms with van der Waals surface area (Å²) in [6.07, 6.45) is 8.04. The van der Waals surface area contributed by atoms with Crippen LogP contribution in [0, 0.1) is 5.92 Å². The first-order chi connectivity index (χ1) is 11.2. The minimum absolute atomic E-state index is 0.110. The zero-order valence-electron chi connectivity index (χ0n) is 14.6. The van der Waals surface area contributed by atoms with E-state index in [9.17, 15) is 4.79 Å². The van der Waals surface area contributed by atoms with Crippen LogP contribution in [0.5, 0.6) is 0 Å². The van der Waals surface area contributed by atoms with Crippen molar-refractivity contribution in [1.82, 2.24) is 0 Å². The summed E-state index contributed by atoms with van der Waals surface area (Å²) in [5, 5.41) is 3.40. The number of benzene rings is 1. The van der Waals surface area contributed by atoms with Gasteiger partial charge in [-0.3, -0.25) is 4.79 Å². The Hall–Kier alpha value is -1.06. The highest BCUT2D eigenvalue weighted by Gasteiger charge is 2.21. The Kier molecular flexibility index (Phi) is 9.97. The van der Waals surface area contributed by atoms with E-state index in [4.69, 9.17) is 16.3 Å². The van der Waals surface area contributed by atoms with E-state index in [-0.39, 0.29) is 5.91 Å². The predicted molar refractivity (Wildman–Crippen MR) is 98.0 cm³/mol. The number of para-hydroxylation sites is 1. The minimum atomic E-state index is -0.400. The summed E-state index contributed by atoms with van der Waals surface area (Å²) < 4.78 is 5.36. The van der Waals surface area contributed by atoms with Crippen LogP contribution >= 0.6 is 11.6 Å². The summed E-state index contributed by atoms with van der Waals surface area (Å²) in [4.78, 5) is 12.3. The first-order valence-electron chi connectivity index (χ1n) is 8.79. The molecule has 130 valence electrons. The van der Waals surface area contributed by atoms with Gasteiger partial charge in [-0.25, -0.2) is 0 Å². The summed E-state index contributed by atoms with van der Waals surface area (Å²) in [5.41, 5.74) is 0.642.